The zero-order valence-corrected chi connectivity index (χ0v) is 35.1. The molecule has 2 nitrogen and oxygen atoms in total. The van der Waals surface area contributed by atoms with Crippen LogP contribution >= 0.6 is 37.2 Å². The number of halogens is 3. The number of rotatable bonds is 4. The van der Waals surface area contributed by atoms with Crippen molar-refractivity contribution >= 4 is 71.1 Å². The van der Waals surface area contributed by atoms with Crippen molar-refractivity contribution in [2.45, 2.75) is 105 Å². The van der Waals surface area contributed by atoms with Crippen molar-refractivity contribution in [3.8, 4) is 0 Å². The molecule has 0 aromatic heterocycles. The molecule has 0 bridgehead atoms. The van der Waals surface area contributed by atoms with Crippen LogP contribution in [0.5, 0.6) is 0 Å². The Bertz CT molecular complexity index is 1540. The Kier molecular flexibility index (Phi) is 13.7. The van der Waals surface area contributed by atoms with Crippen LogP contribution in [0.2, 0.25) is 0 Å². The van der Waals surface area contributed by atoms with Crippen LogP contribution in [0.15, 0.2) is 72.8 Å². The second-order valence-electron chi connectivity index (χ2n) is 15.8. The van der Waals surface area contributed by atoms with Crippen molar-refractivity contribution in [3.05, 3.63) is 89.5 Å². The topological polar surface area (TPSA) is 26.0 Å². The number of hydrogen-bond donors (Lipinski definition) is 2. The first-order valence-corrected chi connectivity index (χ1v) is 23.4. The quantitative estimate of drug-likeness (QED) is 0.254. The van der Waals surface area contributed by atoms with E-state index in [1.54, 1.807) is 0 Å². The van der Waals surface area contributed by atoms with E-state index in [4.69, 9.17) is 0 Å². The summed E-state index contributed by atoms with van der Waals surface area (Å²) in [5, 5.41) is 6.59. The Labute approximate surface area is 319 Å². The smallest absolute Gasteiger partial charge is 0.206 e. The molecule has 0 saturated heterocycles. The van der Waals surface area contributed by atoms with E-state index in [2.05, 4.69) is 168 Å². The molecule has 3 aliphatic carbocycles. The van der Waals surface area contributed by atoms with Gasteiger partial charge in [-0.3, -0.25) is 0 Å². The zero-order valence-electron chi connectivity index (χ0n) is 28.6. The predicted molar refractivity (Wildman–Crippen MR) is 215 cm³/mol. The van der Waals surface area contributed by atoms with Gasteiger partial charge in [-0.05, 0) is 108 Å². The van der Waals surface area contributed by atoms with Gasteiger partial charge in [-0.15, -0.1) is 0 Å². The van der Waals surface area contributed by atoms with Gasteiger partial charge in [0.15, 0.2) is 6.04 Å². The van der Waals surface area contributed by atoms with Gasteiger partial charge in [0.2, 0.25) is 5.71 Å². The molecule has 248 valence electrons. The second-order valence-corrected chi connectivity index (χ2v) is 15.8. The fraction of sp³-hybridized carbons (Fsp3) is 0.488. The highest BCUT2D eigenvalue weighted by Gasteiger charge is 2.33. The first kappa shape index (κ1) is 37.9. The Morgan fingerprint density at radius 1 is 0.652 bits per heavy atom. The number of nitrogens with one attached hydrogen (secondary N) is 2. The summed E-state index contributed by atoms with van der Waals surface area (Å²) in [7, 11) is 0. The Morgan fingerprint density at radius 3 is 1.80 bits per heavy atom. The third-order valence-corrected chi connectivity index (χ3v) is 10.8. The lowest BCUT2D eigenvalue weighted by atomic mass is 9.71. The lowest BCUT2D eigenvalue weighted by Gasteiger charge is -2.37. The van der Waals surface area contributed by atoms with Crippen molar-refractivity contribution in [2.24, 2.45) is 22.7 Å². The van der Waals surface area contributed by atoms with E-state index in [0.717, 1.165) is 11.8 Å². The van der Waals surface area contributed by atoms with Gasteiger partial charge in [0.1, 0.15) is 0 Å². The third kappa shape index (κ3) is 9.19. The molecular weight excluding hydrogens is 901 g/mol. The molecule has 5 heteroatoms. The average Bonchev–Trinajstić information content (AvgIpc) is 3.04. The van der Waals surface area contributed by atoms with Gasteiger partial charge in [-0.1, -0.05) is 90.1 Å². The molecule has 6 rings (SSSR count). The maximum Gasteiger partial charge on any atom is 0.206 e. The molecule has 2 fully saturated rings. The number of benzene rings is 3. The van der Waals surface area contributed by atoms with Gasteiger partial charge in [-0.25, -0.2) is 4.99 Å². The largest absolute Gasteiger partial charge is 1.00 e. The molecule has 0 amide bonds. The Hall–Kier alpha value is -0.940. The van der Waals surface area contributed by atoms with E-state index in [1.165, 1.54) is 95.8 Å². The molecule has 2 N–H and O–H groups in total. The van der Waals surface area contributed by atoms with Gasteiger partial charge >= 0.3 is 0 Å². The standard InChI is InChI=1S/C41H52N2.I2.HI/c1-40(2,3)30-17-21-32(22-18-30)42-38-25-15-28(34-11-7-9-13-36(34)38)27-29-16-26-39(37-14-10-8-12-35(29)37)43-33-23-19-31(20-24-33)41(4,5)6;1-2;/h7-16,25-27,30-33,42H,17-24H2,1-6H3;;1H/b29-27-,43-39?;;. The molecule has 0 aliphatic heterocycles. The fourth-order valence-corrected chi connectivity index (χ4v) is 7.96. The van der Waals surface area contributed by atoms with E-state index >= 15 is 0 Å². The highest BCUT2D eigenvalue weighted by atomic mass is 128. The molecule has 0 atom stereocenters. The van der Waals surface area contributed by atoms with Crippen LogP contribution in [0.3, 0.4) is 0 Å². The van der Waals surface area contributed by atoms with Crippen molar-refractivity contribution < 1.29 is 29.0 Å². The van der Waals surface area contributed by atoms with Crippen LogP contribution < -0.4 is 34.3 Å². The Balaban J connectivity index is 0.00000157. The summed E-state index contributed by atoms with van der Waals surface area (Å²) in [6, 6.07) is 23.6. The molecule has 3 aliphatic rings. The molecule has 46 heavy (non-hydrogen) atoms. The number of allylic oxidation sites excluding steroid dienone is 3. The maximum absolute atomic E-state index is 3.95. The second kappa shape index (κ2) is 16.6. The molecule has 3 aromatic rings. The SMILES string of the molecule is CC(C)(C)C1CCC(Nc2ccc(/C=C3/C=CC(=[NH+]C4CCC(C(C)(C)C)CC4)c4ccccc43)c3ccccc23)CC1.II.[I-]. The predicted octanol–water partition coefficient (Wildman–Crippen LogP) is 8.22. The summed E-state index contributed by atoms with van der Waals surface area (Å²) in [5.74, 6) is 1.67. The summed E-state index contributed by atoms with van der Waals surface area (Å²) < 4.78 is 0. The Morgan fingerprint density at radius 2 is 1.20 bits per heavy atom. The fourth-order valence-electron chi connectivity index (χ4n) is 7.96. The van der Waals surface area contributed by atoms with E-state index < -0.39 is 0 Å². The molecule has 0 spiro atoms. The lowest BCUT2D eigenvalue weighted by Crippen LogP contribution is -3.00. The minimum absolute atomic E-state index is 0. The summed E-state index contributed by atoms with van der Waals surface area (Å²) >= 11 is 4.24. The van der Waals surface area contributed by atoms with Crippen LogP contribution in [0, 0.1) is 22.7 Å². The van der Waals surface area contributed by atoms with Gasteiger partial charge in [0.25, 0.3) is 0 Å². The molecule has 3 aromatic carbocycles. The van der Waals surface area contributed by atoms with Gasteiger partial charge in [0, 0.05) is 73.3 Å². The minimum Gasteiger partial charge on any atom is -1.00 e. The summed E-state index contributed by atoms with van der Waals surface area (Å²) in [6.45, 7) is 14.4. The zero-order chi connectivity index (χ0) is 32.2. The average molecular weight is 955 g/mol. The summed E-state index contributed by atoms with van der Waals surface area (Å²) in [4.78, 5) is 3.95. The number of anilines is 1. The molecule has 2 saturated carbocycles. The first-order valence-electron chi connectivity index (χ1n) is 17.1. The highest BCUT2D eigenvalue weighted by molar-refractivity contribution is 15.0. The van der Waals surface area contributed by atoms with Crippen LogP contribution in [0.1, 0.15) is 110 Å². The van der Waals surface area contributed by atoms with Crippen LogP contribution in [-0.4, -0.2) is 17.8 Å². The van der Waals surface area contributed by atoms with E-state index in [9.17, 15) is 0 Å². The van der Waals surface area contributed by atoms with Crippen LogP contribution in [0.4, 0.5) is 5.69 Å². The first-order chi connectivity index (χ1) is 21.6. The van der Waals surface area contributed by atoms with Crippen molar-refractivity contribution in [2.75, 3.05) is 5.32 Å². The minimum atomic E-state index is 0. The molecular formula is C41H53I3N2. The molecule has 0 heterocycles. The molecule has 0 unspecified atom stereocenters. The van der Waals surface area contributed by atoms with Crippen molar-refractivity contribution in [1.82, 2.24) is 0 Å². The van der Waals surface area contributed by atoms with Gasteiger partial charge in [-0.2, -0.15) is 0 Å². The van der Waals surface area contributed by atoms with Crippen molar-refractivity contribution in [1.29, 1.82) is 0 Å². The highest BCUT2D eigenvalue weighted by Crippen LogP contribution is 2.40. The van der Waals surface area contributed by atoms with E-state index in [0.29, 0.717) is 22.9 Å². The van der Waals surface area contributed by atoms with Gasteiger partial charge in [0.05, 0.1) is 5.56 Å². The van der Waals surface area contributed by atoms with E-state index in [-0.39, 0.29) is 24.0 Å². The lowest BCUT2D eigenvalue weighted by molar-refractivity contribution is -0.507. The normalized spacial score (nSPS) is 25.0. The summed E-state index contributed by atoms with van der Waals surface area (Å²) in [6.07, 6.45) is 17.3. The summed E-state index contributed by atoms with van der Waals surface area (Å²) in [5.41, 5.74) is 8.58. The van der Waals surface area contributed by atoms with Gasteiger partial charge < -0.3 is 29.3 Å². The van der Waals surface area contributed by atoms with E-state index in [1.807, 2.05) is 0 Å². The van der Waals surface area contributed by atoms with Crippen LogP contribution in [-0.2, 0) is 0 Å². The monoisotopic (exact) mass is 954 g/mol. The van der Waals surface area contributed by atoms with Crippen LogP contribution in [0.25, 0.3) is 22.4 Å². The number of hydrogen-bond acceptors (Lipinski definition) is 1. The molecule has 0 radical (unpaired) electrons. The van der Waals surface area contributed by atoms with Crippen molar-refractivity contribution in [3.63, 3.8) is 0 Å². The third-order valence-electron chi connectivity index (χ3n) is 10.8. The maximum atomic E-state index is 3.95. The number of fused-ring (bicyclic) bond motifs is 2.